The van der Waals surface area contributed by atoms with E-state index < -0.39 is 5.60 Å². The van der Waals surface area contributed by atoms with Crippen LogP contribution < -0.4 is 10.1 Å². The van der Waals surface area contributed by atoms with E-state index in [9.17, 15) is 4.79 Å². The molecule has 8 heteroatoms. The van der Waals surface area contributed by atoms with E-state index in [0.717, 1.165) is 64.0 Å². The number of ether oxygens (including phenoxy) is 1. The molecular weight excluding hydrogens is 454 g/mol. The molecule has 4 atom stereocenters. The number of carbonyl (C=O) groups is 1. The van der Waals surface area contributed by atoms with E-state index in [2.05, 4.69) is 31.7 Å². The lowest BCUT2D eigenvalue weighted by Gasteiger charge is -2.35. The smallest absolute Gasteiger partial charge is 0.272 e. The first-order valence-electron chi connectivity index (χ1n) is 12.3. The van der Waals surface area contributed by atoms with Gasteiger partial charge in [-0.2, -0.15) is 5.10 Å². The minimum Gasteiger partial charge on any atom is -0.497 e. The fourth-order valence-electron chi connectivity index (χ4n) is 6.44. The summed E-state index contributed by atoms with van der Waals surface area (Å²) in [5, 5.41) is 15.6. The van der Waals surface area contributed by atoms with Gasteiger partial charge in [-0.05, 0) is 67.1 Å². The van der Waals surface area contributed by atoms with Gasteiger partial charge in [0.25, 0.3) is 5.91 Å². The third-order valence-corrected chi connectivity index (χ3v) is 8.09. The van der Waals surface area contributed by atoms with E-state index >= 15 is 0 Å². The van der Waals surface area contributed by atoms with Gasteiger partial charge in [-0.1, -0.05) is 17.3 Å². The molecule has 2 saturated carbocycles. The largest absolute Gasteiger partial charge is 0.497 e. The van der Waals surface area contributed by atoms with Gasteiger partial charge in [-0.25, -0.2) is 0 Å². The molecule has 4 unspecified atom stereocenters. The average Bonchev–Trinajstić information content (AvgIpc) is 3.70. The molecule has 0 radical (unpaired) electrons. The molecule has 2 N–H and O–H groups in total. The molecule has 3 heterocycles. The quantitative estimate of drug-likeness (QED) is 0.429. The maximum Gasteiger partial charge on any atom is 0.272 e. The summed E-state index contributed by atoms with van der Waals surface area (Å²) in [7, 11) is 1.66. The second-order valence-corrected chi connectivity index (χ2v) is 9.93. The molecule has 1 amide bonds. The second-order valence-electron chi connectivity index (χ2n) is 9.93. The van der Waals surface area contributed by atoms with Gasteiger partial charge in [0.15, 0.2) is 0 Å². The highest BCUT2D eigenvalue weighted by Gasteiger charge is 2.69. The molecule has 4 aromatic rings. The molecule has 2 fully saturated rings. The van der Waals surface area contributed by atoms with Gasteiger partial charge in [0.05, 0.1) is 30.5 Å². The van der Waals surface area contributed by atoms with Gasteiger partial charge in [0, 0.05) is 40.5 Å². The fraction of sp³-hybridized carbons (Fsp3) is 0.286. The zero-order chi connectivity index (χ0) is 24.3. The molecule has 2 bridgehead atoms. The summed E-state index contributed by atoms with van der Waals surface area (Å²) in [5.41, 5.74) is 4.35. The summed E-state index contributed by atoms with van der Waals surface area (Å²) in [5.74, 6) is 1.06. The predicted octanol–water partition coefficient (Wildman–Crippen LogP) is 4.79. The van der Waals surface area contributed by atoms with Crippen molar-refractivity contribution in [3.8, 4) is 16.9 Å². The third kappa shape index (κ3) is 3.07. The predicted molar refractivity (Wildman–Crippen MR) is 136 cm³/mol. The Morgan fingerprint density at radius 3 is 2.92 bits per heavy atom. The Balaban J connectivity index is 1.22. The van der Waals surface area contributed by atoms with Gasteiger partial charge in [0.1, 0.15) is 5.75 Å². The molecule has 7 rings (SSSR count). The van der Waals surface area contributed by atoms with Crippen LogP contribution in [0, 0.1) is 17.8 Å². The number of rotatable bonds is 5. The summed E-state index contributed by atoms with van der Waals surface area (Å²) in [4.78, 5) is 24.5. The SMILES string of the molecule is COc1cccc(-c2cncc(C3=NOC4(C(=O)Nc5ccc6[nH]ncc6c5)C5CCC(C5)C34)c2)c1. The van der Waals surface area contributed by atoms with Crippen LogP contribution in [-0.4, -0.2) is 39.5 Å². The highest BCUT2D eigenvalue weighted by atomic mass is 16.7. The number of nitrogens with one attached hydrogen (secondary N) is 2. The number of hydrogen-bond acceptors (Lipinski definition) is 6. The number of fused-ring (bicyclic) bond motifs is 6. The monoisotopic (exact) mass is 479 g/mol. The summed E-state index contributed by atoms with van der Waals surface area (Å²) in [6.45, 7) is 0. The van der Waals surface area contributed by atoms with Crippen molar-refractivity contribution in [2.45, 2.75) is 24.9 Å². The number of benzene rings is 2. The van der Waals surface area contributed by atoms with E-state index in [-0.39, 0.29) is 17.7 Å². The Labute approximate surface area is 207 Å². The van der Waals surface area contributed by atoms with Crippen molar-refractivity contribution in [1.29, 1.82) is 0 Å². The van der Waals surface area contributed by atoms with Crippen molar-refractivity contribution >= 4 is 28.2 Å². The summed E-state index contributed by atoms with van der Waals surface area (Å²) >= 11 is 0. The number of aromatic amines is 1. The van der Waals surface area contributed by atoms with Crippen LogP contribution in [0.4, 0.5) is 5.69 Å². The van der Waals surface area contributed by atoms with Crippen LogP contribution in [0.3, 0.4) is 0 Å². The minimum absolute atomic E-state index is 0.101. The molecule has 2 aliphatic carbocycles. The first-order valence-corrected chi connectivity index (χ1v) is 12.3. The number of pyridine rings is 1. The highest BCUT2D eigenvalue weighted by molar-refractivity contribution is 6.11. The van der Waals surface area contributed by atoms with Crippen molar-refractivity contribution in [3.05, 3.63) is 72.7 Å². The number of amides is 1. The summed E-state index contributed by atoms with van der Waals surface area (Å²) in [6.07, 6.45) is 8.43. The van der Waals surface area contributed by atoms with Crippen LogP contribution in [0.15, 0.2) is 72.3 Å². The maximum atomic E-state index is 13.9. The van der Waals surface area contributed by atoms with Gasteiger partial charge in [0.2, 0.25) is 5.60 Å². The number of H-pyrrole nitrogens is 1. The molecule has 2 aromatic heterocycles. The second kappa shape index (κ2) is 7.91. The number of anilines is 1. The van der Waals surface area contributed by atoms with Gasteiger partial charge in [-0.15, -0.1) is 0 Å². The summed E-state index contributed by atoms with van der Waals surface area (Å²) < 4.78 is 5.39. The standard InChI is InChI=1S/C28H25N5O3/c1-35-23-4-2-3-16(12-23)18-9-20(14-29-13-18)26-25-17-5-6-21(10-17)28(25,36-33-26)27(34)31-22-7-8-24-19(11-22)15-30-32-24/h2-4,7-9,11-15,17,21,25H,5-6,10H2,1H3,(H,30,32)(H,31,34). The van der Waals surface area contributed by atoms with Crippen LogP contribution in [0.25, 0.3) is 22.0 Å². The van der Waals surface area contributed by atoms with Gasteiger partial charge >= 0.3 is 0 Å². The van der Waals surface area contributed by atoms with Crippen LogP contribution in [0.2, 0.25) is 0 Å². The molecule has 8 nitrogen and oxygen atoms in total. The van der Waals surface area contributed by atoms with Crippen molar-refractivity contribution in [1.82, 2.24) is 15.2 Å². The molecule has 1 aliphatic heterocycles. The minimum atomic E-state index is -0.991. The van der Waals surface area contributed by atoms with E-state index in [4.69, 9.17) is 9.57 Å². The Hall–Kier alpha value is -4.20. The van der Waals surface area contributed by atoms with Crippen LogP contribution >= 0.6 is 0 Å². The van der Waals surface area contributed by atoms with Crippen molar-refractivity contribution in [3.63, 3.8) is 0 Å². The Morgan fingerprint density at radius 2 is 2.00 bits per heavy atom. The molecule has 0 spiro atoms. The molecular formula is C28H25N5O3. The first-order chi connectivity index (χ1) is 17.7. The molecule has 3 aliphatic rings. The van der Waals surface area contributed by atoms with Crippen LogP contribution in [0.1, 0.15) is 24.8 Å². The van der Waals surface area contributed by atoms with Crippen LogP contribution in [-0.2, 0) is 9.63 Å². The van der Waals surface area contributed by atoms with Crippen molar-refractivity contribution in [2.24, 2.45) is 22.9 Å². The lowest BCUT2D eigenvalue weighted by atomic mass is 9.71. The Kier molecular flexibility index (Phi) is 4.64. The van der Waals surface area contributed by atoms with Crippen LogP contribution in [0.5, 0.6) is 5.75 Å². The molecule has 2 aromatic carbocycles. The Morgan fingerprint density at radius 1 is 1.08 bits per heavy atom. The highest BCUT2D eigenvalue weighted by Crippen LogP contribution is 2.60. The third-order valence-electron chi connectivity index (χ3n) is 8.09. The topological polar surface area (TPSA) is 101 Å². The maximum absolute atomic E-state index is 13.9. The van der Waals surface area contributed by atoms with E-state index in [0.29, 0.717) is 5.92 Å². The summed E-state index contributed by atoms with van der Waals surface area (Å²) in [6, 6.07) is 15.7. The van der Waals surface area contributed by atoms with Crippen molar-refractivity contribution in [2.75, 3.05) is 12.4 Å². The van der Waals surface area contributed by atoms with Gasteiger partial charge in [-0.3, -0.25) is 14.9 Å². The number of oxime groups is 1. The van der Waals surface area contributed by atoms with E-state index in [1.807, 2.05) is 54.9 Å². The van der Waals surface area contributed by atoms with E-state index in [1.54, 1.807) is 13.3 Å². The Bertz CT molecular complexity index is 1530. The lowest BCUT2D eigenvalue weighted by Crippen LogP contribution is -2.53. The van der Waals surface area contributed by atoms with Gasteiger partial charge < -0.3 is 14.9 Å². The number of nitrogens with zero attached hydrogens (tertiary/aromatic N) is 3. The first kappa shape index (κ1) is 21.1. The van der Waals surface area contributed by atoms with E-state index in [1.165, 1.54) is 0 Å². The number of aromatic nitrogens is 3. The molecule has 36 heavy (non-hydrogen) atoms. The number of carbonyl (C=O) groups excluding carboxylic acids is 1. The number of methoxy groups -OCH3 is 1. The fourth-order valence-corrected chi connectivity index (χ4v) is 6.44. The average molecular weight is 480 g/mol. The van der Waals surface area contributed by atoms with Crippen molar-refractivity contribution < 1.29 is 14.4 Å². The molecule has 180 valence electrons. The molecule has 0 saturated heterocycles. The number of hydrogen-bond donors (Lipinski definition) is 2. The zero-order valence-electron chi connectivity index (χ0n) is 19.8. The lowest BCUT2D eigenvalue weighted by molar-refractivity contribution is -0.149. The normalized spacial score (nSPS) is 25.9. The zero-order valence-corrected chi connectivity index (χ0v) is 19.8.